The third-order valence-electron chi connectivity index (χ3n) is 0.543. The molecule has 1 aromatic heterocycles. The molecule has 0 aliphatic heterocycles. The summed E-state index contributed by atoms with van der Waals surface area (Å²) in [5, 5.41) is 20.4. The molecule has 0 bridgehead atoms. The van der Waals surface area contributed by atoms with Crippen molar-refractivity contribution < 1.29 is 5.03 Å². The normalized spacial score (nSPS) is 7.82. The van der Waals surface area contributed by atoms with Crippen LogP contribution in [0.1, 0.15) is 0 Å². The van der Waals surface area contributed by atoms with Gasteiger partial charge in [-0.05, 0) is 10.4 Å². The predicted octanol–water partition coefficient (Wildman–Crippen LogP) is -2.38. The maximum Gasteiger partial charge on any atom is 0.301 e. The first-order chi connectivity index (χ1) is 5.29. The van der Waals surface area contributed by atoms with E-state index >= 15 is 0 Å². The second-order valence-corrected chi connectivity index (χ2v) is 1.12. The van der Waals surface area contributed by atoms with Crippen LogP contribution >= 0.6 is 0 Å². The van der Waals surface area contributed by atoms with E-state index in [1.165, 1.54) is 0 Å². The van der Waals surface area contributed by atoms with Crippen molar-refractivity contribution in [3.63, 3.8) is 0 Å². The highest BCUT2D eigenvalue weighted by atomic mass is 16.7. The lowest BCUT2D eigenvalue weighted by Crippen LogP contribution is -2.08. The zero-order valence-corrected chi connectivity index (χ0v) is 5.26. The molecule has 0 aromatic carbocycles. The van der Waals surface area contributed by atoms with Crippen LogP contribution in [0.5, 0.6) is 0 Å². The number of tetrazole rings is 1. The molecule has 1 rings (SSSR count). The SMILES string of the molecule is NN.O=[N+]([O-])Nc1nnn[nH]1. The molecule has 0 aliphatic rings. The van der Waals surface area contributed by atoms with Crippen LogP contribution in [0.4, 0.5) is 5.95 Å². The van der Waals surface area contributed by atoms with Crippen molar-refractivity contribution in [3.05, 3.63) is 10.1 Å². The number of anilines is 1. The lowest BCUT2D eigenvalue weighted by atomic mass is 11.1. The Morgan fingerprint density at radius 3 is 2.64 bits per heavy atom. The van der Waals surface area contributed by atoms with Gasteiger partial charge in [-0.3, -0.25) is 11.7 Å². The Labute approximate surface area is 60.0 Å². The number of aromatic nitrogens is 4. The van der Waals surface area contributed by atoms with Crippen molar-refractivity contribution in [2.45, 2.75) is 0 Å². The summed E-state index contributed by atoms with van der Waals surface area (Å²) >= 11 is 0. The number of aromatic amines is 1. The molecular weight excluding hydrogens is 156 g/mol. The summed E-state index contributed by atoms with van der Waals surface area (Å²) in [5.74, 6) is 7.92. The largest absolute Gasteiger partial charge is 0.301 e. The molecule has 0 unspecified atom stereocenters. The van der Waals surface area contributed by atoms with Crippen molar-refractivity contribution in [3.8, 4) is 0 Å². The van der Waals surface area contributed by atoms with E-state index < -0.39 is 5.03 Å². The molecule has 0 amide bonds. The highest BCUT2D eigenvalue weighted by molar-refractivity contribution is 5.12. The van der Waals surface area contributed by atoms with Gasteiger partial charge in [-0.2, -0.15) is 0 Å². The van der Waals surface area contributed by atoms with E-state index in [2.05, 4.69) is 32.3 Å². The molecule has 0 saturated carbocycles. The van der Waals surface area contributed by atoms with Crippen LogP contribution in [-0.2, 0) is 0 Å². The van der Waals surface area contributed by atoms with Crippen molar-refractivity contribution >= 4 is 5.95 Å². The Kier molecular flexibility index (Phi) is 4.19. The summed E-state index contributed by atoms with van der Waals surface area (Å²) in [6, 6.07) is 0. The standard InChI is InChI=1S/CH2N6O2.H4N2/c8-7(9)4-1-2-5-6-3-1;1-2/h(H2,2,3,4,5,6);1-2H2. The summed E-state index contributed by atoms with van der Waals surface area (Å²) in [7, 11) is 0. The molecule has 1 aromatic rings. The fourth-order valence-corrected chi connectivity index (χ4v) is 0.293. The number of hydrogen-bond donors (Lipinski definition) is 4. The monoisotopic (exact) mass is 162 g/mol. The molecule has 62 valence electrons. The molecule has 6 N–H and O–H groups in total. The maximum absolute atomic E-state index is 9.65. The van der Waals surface area contributed by atoms with Gasteiger partial charge in [0.1, 0.15) is 0 Å². The van der Waals surface area contributed by atoms with Gasteiger partial charge in [-0.15, -0.1) is 0 Å². The second-order valence-electron chi connectivity index (χ2n) is 1.12. The van der Waals surface area contributed by atoms with Gasteiger partial charge in [0.25, 0.3) is 0 Å². The first kappa shape index (κ1) is 9.19. The summed E-state index contributed by atoms with van der Waals surface area (Å²) in [5.41, 5.74) is 1.72. The Bertz CT molecular complexity index is 192. The van der Waals surface area contributed by atoms with Crippen molar-refractivity contribution in [1.29, 1.82) is 0 Å². The minimum Gasteiger partial charge on any atom is -0.274 e. The smallest absolute Gasteiger partial charge is 0.274 e. The lowest BCUT2D eigenvalue weighted by Gasteiger charge is -1.84. The molecule has 0 radical (unpaired) electrons. The number of H-pyrrole nitrogens is 1. The quantitative estimate of drug-likeness (QED) is 0.213. The van der Waals surface area contributed by atoms with E-state index in [1.807, 2.05) is 0 Å². The second kappa shape index (κ2) is 5.01. The number of nitro groups is 1. The van der Waals surface area contributed by atoms with Crippen molar-refractivity contribution in [2.75, 3.05) is 5.43 Å². The molecule has 1 heterocycles. The number of nitrogens with zero attached hydrogens (tertiary/aromatic N) is 4. The maximum atomic E-state index is 9.65. The van der Waals surface area contributed by atoms with E-state index in [-0.39, 0.29) is 5.95 Å². The van der Waals surface area contributed by atoms with Crippen molar-refractivity contribution in [2.24, 2.45) is 11.7 Å². The van der Waals surface area contributed by atoms with Crippen LogP contribution in [0.25, 0.3) is 0 Å². The van der Waals surface area contributed by atoms with Crippen LogP contribution in [0, 0.1) is 10.1 Å². The van der Waals surface area contributed by atoms with Crippen LogP contribution in [-0.4, -0.2) is 25.7 Å². The predicted molar refractivity (Wildman–Crippen MR) is 33.2 cm³/mol. The average molecular weight is 162 g/mol. The van der Waals surface area contributed by atoms with E-state index in [1.54, 1.807) is 5.43 Å². The topological polar surface area (TPSA) is 162 Å². The molecule has 10 nitrogen and oxygen atoms in total. The first-order valence-electron chi connectivity index (χ1n) is 2.27. The summed E-state index contributed by atoms with van der Waals surface area (Å²) < 4.78 is 0. The first-order valence-corrected chi connectivity index (χ1v) is 2.27. The number of nitrogens with one attached hydrogen (secondary N) is 2. The molecule has 10 heteroatoms. The Balaban J connectivity index is 0.000000461. The van der Waals surface area contributed by atoms with Gasteiger partial charge in [-0.25, -0.2) is 15.2 Å². The highest BCUT2D eigenvalue weighted by Crippen LogP contribution is 1.86. The number of hydrazine groups is 2. The number of hydrogen-bond acceptors (Lipinski definition) is 7. The molecular formula is CH6N8O2. The van der Waals surface area contributed by atoms with Gasteiger partial charge >= 0.3 is 5.95 Å². The minimum atomic E-state index is -0.762. The molecule has 0 spiro atoms. The Morgan fingerprint density at radius 2 is 2.27 bits per heavy atom. The average Bonchev–Trinajstić information content (AvgIpc) is 2.43. The van der Waals surface area contributed by atoms with Crippen LogP contribution < -0.4 is 17.1 Å². The molecule has 0 aliphatic carbocycles. The molecule has 0 saturated heterocycles. The van der Waals surface area contributed by atoms with E-state index in [9.17, 15) is 10.1 Å². The van der Waals surface area contributed by atoms with E-state index in [0.29, 0.717) is 0 Å². The molecule has 0 fully saturated rings. The number of rotatable bonds is 2. The van der Waals surface area contributed by atoms with E-state index in [4.69, 9.17) is 0 Å². The molecule has 0 atom stereocenters. The summed E-state index contributed by atoms with van der Waals surface area (Å²) in [6.07, 6.45) is 0. The summed E-state index contributed by atoms with van der Waals surface area (Å²) in [6.45, 7) is 0. The number of nitrogens with two attached hydrogens (primary N) is 2. The van der Waals surface area contributed by atoms with Crippen molar-refractivity contribution in [1.82, 2.24) is 20.6 Å². The van der Waals surface area contributed by atoms with Crippen LogP contribution in [0.2, 0.25) is 0 Å². The van der Waals surface area contributed by atoms with Gasteiger partial charge < -0.3 is 0 Å². The lowest BCUT2D eigenvalue weighted by molar-refractivity contribution is -0.446. The van der Waals surface area contributed by atoms with Crippen LogP contribution in [0.15, 0.2) is 0 Å². The third-order valence-corrected chi connectivity index (χ3v) is 0.543. The Morgan fingerprint density at radius 1 is 1.64 bits per heavy atom. The van der Waals surface area contributed by atoms with Gasteiger partial charge in [0.05, 0.1) is 0 Å². The minimum absolute atomic E-state index is 0.0833. The molecule has 11 heavy (non-hydrogen) atoms. The summed E-state index contributed by atoms with van der Waals surface area (Å²) in [4.78, 5) is 9.65. The van der Waals surface area contributed by atoms with E-state index in [0.717, 1.165) is 0 Å². The Hall–Kier alpha value is -1.81. The van der Waals surface area contributed by atoms with Gasteiger partial charge in [0.2, 0.25) is 0 Å². The highest BCUT2D eigenvalue weighted by Gasteiger charge is 1.99. The van der Waals surface area contributed by atoms with Gasteiger partial charge in [0.15, 0.2) is 5.03 Å². The van der Waals surface area contributed by atoms with Crippen LogP contribution in [0.3, 0.4) is 0 Å². The van der Waals surface area contributed by atoms with Gasteiger partial charge in [-0.1, -0.05) is 10.5 Å². The van der Waals surface area contributed by atoms with Gasteiger partial charge in [0, 0.05) is 0 Å². The fourth-order valence-electron chi connectivity index (χ4n) is 0.293. The zero-order valence-electron chi connectivity index (χ0n) is 5.26. The zero-order chi connectivity index (χ0) is 8.69. The third kappa shape index (κ3) is 3.72. The fraction of sp³-hybridized carbons (Fsp3) is 0.